The fraction of sp³-hybridized carbons (Fsp3) is 0.533. The number of benzene rings is 1. The number of hydrogen-bond acceptors (Lipinski definition) is 4. The minimum Gasteiger partial charge on any atom is -0.494 e. The predicted octanol–water partition coefficient (Wildman–Crippen LogP) is 2.23. The van der Waals surface area contributed by atoms with E-state index in [9.17, 15) is 9.18 Å². The van der Waals surface area contributed by atoms with Crippen LogP contribution in [0.4, 0.5) is 9.18 Å². The second kappa shape index (κ2) is 7.26. The molecular weight excluding hydrogens is 275 g/mol. The number of nitrogens with one attached hydrogen (secondary N) is 1. The van der Waals surface area contributed by atoms with E-state index in [-0.39, 0.29) is 18.3 Å². The van der Waals surface area contributed by atoms with E-state index in [4.69, 9.17) is 15.2 Å². The van der Waals surface area contributed by atoms with Gasteiger partial charge in [0.1, 0.15) is 5.60 Å². The molecule has 0 saturated carbocycles. The number of ether oxygens (including phenoxy) is 2. The Kier molecular flexibility index (Phi) is 5.96. The van der Waals surface area contributed by atoms with E-state index in [1.165, 1.54) is 13.2 Å². The molecule has 3 N–H and O–H groups in total. The maximum absolute atomic E-state index is 13.3. The number of hydrogen-bond donors (Lipinski definition) is 2. The number of methoxy groups -OCH3 is 1. The van der Waals surface area contributed by atoms with Crippen LogP contribution in [-0.2, 0) is 11.2 Å². The summed E-state index contributed by atoms with van der Waals surface area (Å²) in [5, 5.41) is 2.61. The molecule has 1 aromatic rings. The standard InChI is InChI=1S/C15H23FN2O3/c1-15(2,3)21-14(19)18-9-11(17)7-10-5-6-12(16)13(8-10)20-4/h5-6,8,11H,7,9,17H2,1-4H3,(H,18,19). The van der Waals surface area contributed by atoms with E-state index in [1.54, 1.807) is 32.9 Å². The lowest BCUT2D eigenvalue weighted by atomic mass is 10.1. The lowest BCUT2D eigenvalue weighted by molar-refractivity contribution is 0.0524. The summed E-state index contributed by atoms with van der Waals surface area (Å²) in [4.78, 5) is 11.5. The van der Waals surface area contributed by atoms with E-state index >= 15 is 0 Å². The van der Waals surface area contributed by atoms with Crippen molar-refractivity contribution in [1.82, 2.24) is 5.32 Å². The molecule has 1 amide bonds. The second-order valence-corrected chi connectivity index (χ2v) is 5.82. The van der Waals surface area contributed by atoms with Gasteiger partial charge in [-0.1, -0.05) is 6.07 Å². The van der Waals surface area contributed by atoms with Crippen molar-refractivity contribution in [2.75, 3.05) is 13.7 Å². The Morgan fingerprint density at radius 1 is 1.43 bits per heavy atom. The third-order valence-corrected chi connectivity index (χ3v) is 2.62. The predicted molar refractivity (Wildman–Crippen MR) is 78.9 cm³/mol. The van der Waals surface area contributed by atoms with Gasteiger partial charge in [-0.15, -0.1) is 0 Å². The molecule has 0 spiro atoms. The molecule has 0 fully saturated rings. The van der Waals surface area contributed by atoms with Crippen molar-refractivity contribution in [2.24, 2.45) is 5.73 Å². The fourth-order valence-corrected chi connectivity index (χ4v) is 1.73. The molecule has 0 aliphatic heterocycles. The molecule has 118 valence electrons. The summed E-state index contributed by atoms with van der Waals surface area (Å²) in [6, 6.07) is 4.28. The Hall–Kier alpha value is -1.82. The number of carbonyl (C=O) groups excluding carboxylic acids is 1. The highest BCUT2D eigenvalue weighted by molar-refractivity contribution is 5.67. The van der Waals surface area contributed by atoms with Gasteiger partial charge in [0.25, 0.3) is 0 Å². The minimum absolute atomic E-state index is 0.180. The number of alkyl carbamates (subject to hydrolysis) is 1. The molecule has 0 heterocycles. The smallest absolute Gasteiger partial charge is 0.407 e. The Balaban J connectivity index is 2.47. The molecule has 0 radical (unpaired) electrons. The van der Waals surface area contributed by atoms with Gasteiger partial charge < -0.3 is 20.5 Å². The van der Waals surface area contributed by atoms with Crippen LogP contribution in [0.5, 0.6) is 5.75 Å². The van der Waals surface area contributed by atoms with Crippen LogP contribution in [0.25, 0.3) is 0 Å². The lowest BCUT2D eigenvalue weighted by Crippen LogP contribution is -2.41. The first-order valence-electron chi connectivity index (χ1n) is 6.76. The zero-order valence-corrected chi connectivity index (χ0v) is 12.9. The molecular formula is C15H23FN2O3. The van der Waals surface area contributed by atoms with Crippen LogP contribution in [0.15, 0.2) is 18.2 Å². The molecule has 1 aromatic carbocycles. The van der Waals surface area contributed by atoms with E-state index in [0.717, 1.165) is 5.56 Å². The molecule has 0 saturated heterocycles. The summed E-state index contributed by atoms with van der Waals surface area (Å²) in [6.07, 6.45) is -0.0125. The van der Waals surface area contributed by atoms with E-state index < -0.39 is 17.5 Å². The molecule has 5 nitrogen and oxygen atoms in total. The minimum atomic E-state index is -0.543. The van der Waals surface area contributed by atoms with Gasteiger partial charge in [0.05, 0.1) is 7.11 Å². The van der Waals surface area contributed by atoms with Crippen molar-refractivity contribution < 1.29 is 18.7 Å². The Morgan fingerprint density at radius 3 is 2.67 bits per heavy atom. The van der Waals surface area contributed by atoms with Crippen molar-refractivity contribution >= 4 is 6.09 Å². The van der Waals surface area contributed by atoms with Crippen molar-refractivity contribution in [3.8, 4) is 5.75 Å². The van der Waals surface area contributed by atoms with E-state index in [0.29, 0.717) is 6.42 Å². The molecule has 21 heavy (non-hydrogen) atoms. The topological polar surface area (TPSA) is 73.6 Å². The highest BCUT2D eigenvalue weighted by atomic mass is 19.1. The Bertz CT molecular complexity index is 486. The zero-order chi connectivity index (χ0) is 16.0. The van der Waals surface area contributed by atoms with Gasteiger partial charge in [-0.2, -0.15) is 0 Å². The summed E-state index contributed by atoms with van der Waals surface area (Å²) in [7, 11) is 1.41. The van der Waals surface area contributed by atoms with Crippen molar-refractivity contribution in [3.63, 3.8) is 0 Å². The number of halogens is 1. The van der Waals surface area contributed by atoms with Gasteiger partial charge in [0, 0.05) is 12.6 Å². The van der Waals surface area contributed by atoms with Gasteiger partial charge in [-0.05, 0) is 44.9 Å². The van der Waals surface area contributed by atoms with Crippen LogP contribution in [-0.4, -0.2) is 31.4 Å². The zero-order valence-electron chi connectivity index (χ0n) is 12.9. The second-order valence-electron chi connectivity index (χ2n) is 5.82. The highest BCUT2D eigenvalue weighted by Crippen LogP contribution is 2.18. The number of rotatable bonds is 5. The number of nitrogens with two attached hydrogens (primary N) is 1. The summed E-state index contributed by atoms with van der Waals surface area (Å²) in [6.45, 7) is 5.64. The molecule has 0 aromatic heterocycles. The molecule has 0 aliphatic rings. The first kappa shape index (κ1) is 17.2. The molecule has 1 atom stereocenters. The van der Waals surface area contributed by atoms with Crippen LogP contribution in [0.3, 0.4) is 0 Å². The average Bonchev–Trinajstić information content (AvgIpc) is 2.36. The van der Waals surface area contributed by atoms with Crippen molar-refractivity contribution in [3.05, 3.63) is 29.6 Å². The van der Waals surface area contributed by atoms with Crippen LogP contribution in [0, 0.1) is 5.82 Å². The molecule has 0 bridgehead atoms. The van der Waals surface area contributed by atoms with Crippen LogP contribution in [0.1, 0.15) is 26.3 Å². The summed E-state index contributed by atoms with van der Waals surface area (Å²) < 4.78 is 23.3. The van der Waals surface area contributed by atoms with Crippen molar-refractivity contribution in [2.45, 2.75) is 38.8 Å². The van der Waals surface area contributed by atoms with Crippen LogP contribution < -0.4 is 15.8 Å². The quantitative estimate of drug-likeness (QED) is 0.874. The third kappa shape index (κ3) is 6.44. The van der Waals surface area contributed by atoms with Gasteiger partial charge in [-0.3, -0.25) is 0 Å². The molecule has 6 heteroatoms. The summed E-state index contributed by atoms with van der Waals surface area (Å²) in [5.41, 5.74) is 6.24. The van der Waals surface area contributed by atoms with Crippen LogP contribution >= 0.6 is 0 Å². The first-order chi connectivity index (χ1) is 9.71. The third-order valence-electron chi connectivity index (χ3n) is 2.62. The average molecular weight is 298 g/mol. The van der Waals surface area contributed by atoms with Gasteiger partial charge in [-0.25, -0.2) is 9.18 Å². The number of carbonyl (C=O) groups is 1. The fourth-order valence-electron chi connectivity index (χ4n) is 1.73. The Labute approximate surface area is 124 Å². The van der Waals surface area contributed by atoms with Gasteiger partial charge >= 0.3 is 6.09 Å². The van der Waals surface area contributed by atoms with Crippen molar-refractivity contribution in [1.29, 1.82) is 0 Å². The SMILES string of the molecule is COc1cc(CC(N)CNC(=O)OC(C)(C)C)ccc1F. The first-order valence-corrected chi connectivity index (χ1v) is 6.76. The summed E-state index contributed by atoms with van der Waals surface area (Å²) >= 11 is 0. The summed E-state index contributed by atoms with van der Waals surface area (Å²) in [5.74, 6) is -0.235. The number of amides is 1. The van der Waals surface area contributed by atoms with E-state index in [1.807, 2.05) is 0 Å². The Morgan fingerprint density at radius 2 is 2.10 bits per heavy atom. The maximum Gasteiger partial charge on any atom is 0.407 e. The molecule has 1 rings (SSSR count). The van der Waals surface area contributed by atoms with Gasteiger partial charge in [0.2, 0.25) is 0 Å². The normalized spacial score (nSPS) is 12.7. The molecule has 0 aliphatic carbocycles. The lowest BCUT2D eigenvalue weighted by Gasteiger charge is -2.20. The van der Waals surface area contributed by atoms with Crippen LogP contribution in [0.2, 0.25) is 0 Å². The maximum atomic E-state index is 13.3. The monoisotopic (exact) mass is 298 g/mol. The van der Waals surface area contributed by atoms with E-state index in [2.05, 4.69) is 5.32 Å². The molecule has 1 unspecified atom stereocenters. The largest absolute Gasteiger partial charge is 0.494 e. The highest BCUT2D eigenvalue weighted by Gasteiger charge is 2.16. The van der Waals surface area contributed by atoms with Gasteiger partial charge in [0.15, 0.2) is 11.6 Å².